The molecule has 0 spiro atoms. The summed E-state index contributed by atoms with van der Waals surface area (Å²) in [6, 6.07) is 0. The maximum atomic E-state index is 12.3. The monoisotopic (exact) mass is 395 g/mol. The van der Waals surface area contributed by atoms with Crippen LogP contribution in [-0.4, -0.2) is 47.4 Å². The largest absolute Gasteiger partial charge is 0.444 e. The van der Waals surface area contributed by atoms with E-state index in [1.807, 2.05) is 52.8 Å². The van der Waals surface area contributed by atoms with Crippen LogP contribution in [0.25, 0.3) is 0 Å². The van der Waals surface area contributed by atoms with Crippen molar-refractivity contribution in [3.05, 3.63) is 16.1 Å². The zero-order valence-electron chi connectivity index (χ0n) is 18.5. The zero-order chi connectivity index (χ0) is 20.8. The van der Waals surface area contributed by atoms with Gasteiger partial charge in [0.1, 0.15) is 5.60 Å². The van der Waals surface area contributed by atoms with Crippen LogP contribution in [0, 0.1) is 11.8 Å². The van der Waals surface area contributed by atoms with Crippen molar-refractivity contribution in [1.82, 2.24) is 9.88 Å². The zero-order valence-corrected chi connectivity index (χ0v) is 19.3. The fraction of sp³-hybridized carbons (Fsp3) is 0.762. The lowest BCUT2D eigenvalue weighted by Crippen LogP contribution is -2.44. The highest BCUT2D eigenvalue weighted by Crippen LogP contribution is 2.36. The van der Waals surface area contributed by atoms with Gasteiger partial charge in [0, 0.05) is 32.3 Å². The molecule has 0 aromatic carbocycles. The van der Waals surface area contributed by atoms with Gasteiger partial charge >= 0.3 is 6.09 Å². The molecule has 0 saturated carbocycles. The Morgan fingerprint density at radius 2 is 2.00 bits per heavy atom. The summed E-state index contributed by atoms with van der Waals surface area (Å²) in [5.74, 6) is 1.15. The Morgan fingerprint density at radius 1 is 1.37 bits per heavy atom. The number of likely N-dealkylation sites (tertiary alicyclic amines) is 1. The van der Waals surface area contributed by atoms with Gasteiger partial charge in [0.05, 0.1) is 15.6 Å². The first-order valence-corrected chi connectivity index (χ1v) is 10.8. The van der Waals surface area contributed by atoms with Crippen molar-refractivity contribution in [2.45, 2.75) is 73.3 Å². The molecule has 6 heteroatoms. The molecular formula is C21H37N3O2S. The molecule has 27 heavy (non-hydrogen) atoms. The van der Waals surface area contributed by atoms with E-state index in [1.165, 1.54) is 0 Å². The molecule has 0 aliphatic carbocycles. The Balaban J connectivity index is 0.00000176. The van der Waals surface area contributed by atoms with Gasteiger partial charge < -0.3 is 9.64 Å². The predicted octanol–water partition coefficient (Wildman–Crippen LogP) is 5.60. The molecule has 1 fully saturated rings. The van der Waals surface area contributed by atoms with Gasteiger partial charge in [-0.2, -0.15) is 0 Å². The second-order valence-corrected chi connectivity index (χ2v) is 9.19. The number of aliphatic imine (C=N–C) groups is 1. The summed E-state index contributed by atoms with van der Waals surface area (Å²) in [4.78, 5) is 24.4. The standard InChI is InChI=1S/C19H31N3O2S.C2H6/c1-12(2)16(20-7)15-10-21-17(25-15)14-8-9-22(11-13(14)3)18(23)24-19(4,5)6;1-2/h10,12-14H,8-9,11H2,1-7H3;1-2H3. The van der Waals surface area contributed by atoms with Crippen molar-refractivity contribution in [2.24, 2.45) is 16.8 Å². The molecule has 0 radical (unpaired) electrons. The number of nitrogens with zero attached hydrogens (tertiary/aromatic N) is 3. The molecule has 1 aromatic heterocycles. The molecule has 0 bridgehead atoms. The lowest BCUT2D eigenvalue weighted by Gasteiger charge is -2.36. The van der Waals surface area contributed by atoms with Crippen molar-refractivity contribution < 1.29 is 9.53 Å². The third kappa shape index (κ3) is 6.59. The molecule has 0 N–H and O–H groups in total. The number of carbonyl (C=O) groups excluding carboxylic acids is 1. The topological polar surface area (TPSA) is 54.8 Å². The van der Waals surface area contributed by atoms with Crippen LogP contribution in [0.15, 0.2) is 11.2 Å². The van der Waals surface area contributed by atoms with Crippen molar-refractivity contribution in [3.63, 3.8) is 0 Å². The van der Waals surface area contributed by atoms with Gasteiger partial charge in [-0.25, -0.2) is 9.78 Å². The van der Waals surface area contributed by atoms with Gasteiger partial charge in [0.2, 0.25) is 0 Å². The van der Waals surface area contributed by atoms with Crippen molar-refractivity contribution in [1.29, 1.82) is 0 Å². The molecule has 5 nitrogen and oxygen atoms in total. The van der Waals surface area contributed by atoms with Crippen molar-refractivity contribution in [2.75, 3.05) is 20.1 Å². The van der Waals surface area contributed by atoms with Gasteiger partial charge in [-0.05, 0) is 39.0 Å². The summed E-state index contributed by atoms with van der Waals surface area (Å²) in [7, 11) is 1.84. The highest BCUT2D eigenvalue weighted by molar-refractivity contribution is 7.13. The Hall–Kier alpha value is -1.43. The van der Waals surface area contributed by atoms with Crippen LogP contribution >= 0.6 is 11.3 Å². The number of hydrogen-bond acceptors (Lipinski definition) is 5. The van der Waals surface area contributed by atoms with E-state index < -0.39 is 5.60 Å². The maximum absolute atomic E-state index is 12.3. The van der Waals surface area contributed by atoms with Gasteiger partial charge in [0.15, 0.2) is 0 Å². The summed E-state index contributed by atoms with van der Waals surface area (Å²) < 4.78 is 5.50. The minimum atomic E-state index is -0.450. The molecule has 2 unspecified atom stereocenters. The van der Waals surface area contributed by atoms with Gasteiger partial charge in [-0.1, -0.05) is 34.6 Å². The third-order valence-electron chi connectivity index (χ3n) is 4.44. The first-order valence-electron chi connectivity index (χ1n) is 10.0. The molecular weight excluding hydrogens is 358 g/mol. The SMILES string of the molecule is CC.CN=C(c1cnc(C2CCN(C(=O)OC(C)(C)C)CC2C)s1)C(C)C. The van der Waals surface area contributed by atoms with E-state index in [9.17, 15) is 4.79 Å². The number of hydrogen-bond donors (Lipinski definition) is 0. The van der Waals surface area contributed by atoms with Crippen LogP contribution in [0.1, 0.15) is 77.6 Å². The Kier molecular flexibility index (Phi) is 8.92. The van der Waals surface area contributed by atoms with E-state index in [1.54, 1.807) is 11.3 Å². The summed E-state index contributed by atoms with van der Waals surface area (Å²) in [5, 5.41) is 1.16. The molecule has 1 aliphatic rings. The Labute approximate surface area is 169 Å². The predicted molar refractivity (Wildman–Crippen MR) is 115 cm³/mol. The van der Waals surface area contributed by atoms with Crippen LogP contribution < -0.4 is 0 Å². The highest BCUT2D eigenvalue weighted by atomic mass is 32.1. The molecule has 2 atom stereocenters. The van der Waals surface area contributed by atoms with Gasteiger partial charge in [-0.15, -0.1) is 11.3 Å². The van der Waals surface area contributed by atoms with E-state index in [4.69, 9.17) is 4.74 Å². The fourth-order valence-electron chi connectivity index (χ4n) is 3.24. The van der Waals surface area contributed by atoms with Crippen LogP contribution in [0.4, 0.5) is 4.79 Å². The average Bonchev–Trinajstić information content (AvgIpc) is 3.04. The first kappa shape index (κ1) is 23.6. The van der Waals surface area contributed by atoms with Crippen LogP contribution in [0.3, 0.4) is 0 Å². The van der Waals surface area contributed by atoms with E-state index >= 15 is 0 Å². The van der Waals surface area contributed by atoms with Gasteiger partial charge in [0.25, 0.3) is 0 Å². The summed E-state index contributed by atoms with van der Waals surface area (Å²) >= 11 is 1.75. The van der Waals surface area contributed by atoms with E-state index in [2.05, 4.69) is 30.7 Å². The Morgan fingerprint density at radius 3 is 2.48 bits per heavy atom. The lowest BCUT2D eigenvalue weighted by molar-refractivity contribution is 0.0155. The smallest absolute Gasteiger partial charge is 0.410 e. The van der Waals surface area contributed by atoms with Crippen molar-refractivity contribution in [3.8, 4) is 0 Å². The summed E-state index contributed by atoms with van der Waals surface area (Å²) in [6.45, 7) is 17.7. The fourth-order valence-corrected chi connectivity index (χ4v) is 4.60. The molecule has 1 aromatic rings. The third-order valence-corrected chi connectivity index (χ3v) is 5.59. The van der Waals surface area contributed by atoms with Crippen LogP contribution in [0.5, 0.6) is 0 Å². The van der Waals surface area contributed by atoms with Crippen molar-refractivity contribution >= 4 is 23.1 Å². The second-order valence-electron chi connectivity index (χ2n) is 8.13. The second kappa shape index (κ2) is 10.2. The lowest BCUT2D eigenvalue weighted by atomic mass is 9.87. The molecule has 1 aliphatic heterocycles. The van der Waals surface area contributed by atoms with Crippen LogP contribution in [0.2, 0.25) is 0 Å². The number of rotatable bonds is 3. The Bertz CT molecular complexity index is 632. The quantitative estimate of drug-likeness (QED) is 0.626. The highest BCUT2D eigenvalue weighted by Gasteiger charge is 2.33. The molecule has 1 amide bonds. The number of amides is 1. The van der Waals surface area contributed by atoms with Crippen LogP contribution in [-0.2, 0) is 4.74 Å². The number of piperidine rings is 1. The molecule has 154 valence electrons. The number of thiazole rings is 1. The first-order chi connectivity index (χ1) is 12.6. The number of carbonyl (C=O) groups is 1. The van der Waals surface area contributed by atoms with E-state index in [0.717, 1.165) is 28.6 Å². The summed E-state index contributed by atoms with van der Waals surface area (Å²) in [6.07, 6.45) is 2.67. The molecule has 1 saturated heterocycles. The summed E-state index contributed by atoms with van der Waals surface area (Å²) in [5.41, 5.74) is 0.663. The normalized spacial score (nSPS) is 21.0. The minimum Gasteiger partial charge on any atom is -0.444 e. The molecule has 2 heterocycles. The minimum absolute atomic E-state index is 0.210. The maximum Gasteiger partial charge on any atom is 0.410 e. The van der Waals surface area contributed by atoms with E-state index in [0.29, 0.717) is 24.3 Å². The number of ether oxygens (including phenoxy) is 1. The molecule has 2 rings (SSSR count). The average molecular weight is 396 g/mol. The van der Waals surface area contributed by atoms with Gasteiger partial charge in [-0.3, -0.25) is 4.99 Å². The van der Waals surface area contributed by atoms with E-state index in [-0.39, 0.29) is 6.09 Å². The number of aromatic nitrogens is 1.